The molecule has 1 saturated carbocycles. The van der Waals surface area contributed by atoms with Crippen LogP contribution in [0.3, 0.4) is 0 Å². The van der Waals surface area contributed by atoms with E-state index in [4.69, 9.17) is 4.74 Å². The Morgan fingerprint density at radius 1 is 1.25 bits per heavy atom. The molecule has 5 nitrogen and oxygen atoms in total. The number of nitrogens with zero attached hydrogens (tertiary/aromatic N) is 2. The number of hydrogen-bond acceptors (Lipinski definition) is 3. The Hall–Kier alpha value is -0.0800. The third-order valence-electron chi connectivity index (χ3n) is 4.07. The third-order valence-corrected chi connectivity index (χ3v) is 4.07. The van der Waals surface area contributed by atoms with Gasteiger partial charge >= 0.3 is 0 Å². The van der Waals surface area contributed by atoms with E-state index in [1.807, 2.05) is 7.05 Å². The Balaban J connectivity index is 0.00000200. The first kappa shape index (κ1) is 18.0. The molecule has 2 N–H and O–H groups in total. The van der Waals surface area contributed by atoms with Crippen molar-refractivity contribution in [2.75, 3.05) is 46.9 Å². The first-order valence-electron chi connectivity index (χ1n) is 7.51. The number of guanidine groups is 1. The van der Waals surface area contributed by atoms with Crippen LogP contribution in [0.1, 0.15) is 25.7 Å². The monoisotopic (exact) mass is 396 g/mol. The normalized spacial score (nSPS) is 23.5. The molecule has 0 spiro atoms. The number of rotatable bonds is 7. The summed E-state index contributed by atoms with van der Waals surface area (Å²) >= 11 is 0. The Labute approximate surface area is 139 Å². The van der Waals surface area contributed by atoms with Crippen LogP contribution in [0.15, 0.2) is 4.99 Å². The lowest BCUT2D eigenvalue weighted by Gasteiger charge is -2.25. The van der Waals surface area contributed by atoms with Crippen LogP contribution in [0, 0.1) is 5.92 Å². The predicted octanol–water partition coefficient (Wildman–Crippen LogP) is 1.29. The average Bonchev–Trinajstić information content (AvgIpc) is 3.15. The standard InChI is InChI=1S/C14H28N4O.HI/c1-15-14(16-10-12-5-6-12)17-11-13-4-3-7-18(13)8-9-19-2;/h12-13H,3-11H2,1-2H3,(H2,15,16,17);1H. The van der Waals surface area contributed by atoms with Crippen molar-refractivity contribution in [3.63, 3.8) is 0 Å². The zero-order valence-electron chi connectivity index (χ0n) is 12.7. The quantitative estimate of drug-likeness (QED) is 0.387. The van der Waals surface area contributed by atoms with Gasteiger partial charge in [-0.2, -0.15) is 0 Å². The van der Waals surface area contributed by atoms with Gasteiger partial charge in [0, 0.05) is 39.8 Å². The molecule has 1 aliphatic heterocycles. The van der Waals surface area contributed by atoms with Crippen LogP contribution in [0.5, 0.6) is 0 Å². The Kier molecular flexibility index (Phi) is 8.79. The summed E-state index contributed by atoms with van der Waals surface area (Å²) in [6, 6.07) is 0.620. The molecule has 1 aliphatic carbocycles. The summed E-state index contributed by atoms with van der Waals surface area (Å²) in [5.41, 5.74) is 0. The molecule has 1 heterocycles. The number of nitrogens with one attached hydrogen (secondary N) is 2. The zero-order chi connectivity index (χ0) is 13.5. The van der Waals surface area contributed by atoms with Gasteiger partial charge in [0.1, 0.15) is 0 Å². The summed E-state index contributed by atoms with van der Waals surface area (Å²) in [4.78, 5) is 6.81. The van der Waals surface area contributed by atoms with Gasteiger partial charge in [-0.15, -0.1) is 24.0 Å². The lowest BCUT2D eigenvalue weighted by Crippen LogP contribution is -2.45. The van der Waals surface area contributed by atoms with Crippen LogP contribution in [0.2, 0.25) is 0 Å². The van der Waals surface area contributed by atoms with E-state index in [0.717, 1.165) is 38.1 Å². The first-order chi connectivity index (χ1) is 9.33. The van der Waals surface area contributed by atoms with E-state index in [1.54, 1.807) is 7.11 Å². The SMILES string of the molecule is CN=C(NCC1CC1)NCC1CCCN1CCOC.I. The highest BCUT2D eigenvalue weighted by atomic mass is 127. The molecule has 1 atom stereocenters. The van der Waals surface area contributed by atoms with Gasteiger partial charge in [0.25, 0.3) is 0 Å². The fraction of sp³-hybridized carbons (Fsp3) is 0.929. The van der Waals surface area contributed by atoms with Crippen LogP contribution in [-0.2, 0) is 4.74 Å². The van der Waals surface area contributed by atoms with Crippen molar-refractivity contribution >= 4 is 29.9 Å². The summed E-state index contributed by atoms with van der Waals surface area (Å²) in [5, 5.41) is 6.87. The predicted molar refractivity (Wildman–Crippen MR) is 94.0 cm³/mol. The fourth-order valence-corrected chi connectivity index (χ4v) is 2.63. The highest BCUT2D eigenvalue weighted by molar-refractivity contribution is 14.0. The number of ether oxygens (including phenoxy) is 1. The zero-order valence-corrected chi connectivity index (χ0v) is 15.1. The Bertz CT molecular complexity index is 297. The average molecular weight is 396 g/mol. The molecule has 2 aliphatic rings. The lowest BCUT2D eigenvalue weighted by molar-refractivity contribution is 0.141. The molecule has 6 heteroatoms. The molecule has 0 aromatic carbocycles. The van der Waals surface area contributed by atoms with E-state index < -0.39 is 0 Å². The topological polar surface area (TPSA) is 48.9 Å². The van der Waals surface area contributed by atoms with Crippen LogP contribution < -0.4 is 10.6 Å². The lowest BCUT2D eigenvalue weighted by atomic mass is 10.2. The number of halogens is 1. The minimum Gasteiger partial charge on any atom is -0.383 e. The van der Waals surface area contributed by atoms with Crippen molar-refractivity contribution in [2.45, 2.75) is 31.7 Å². The Morgan fingerprint density at radius 2 is 2.00 bits per heavy atom. The van der Waals surface area contributed by atoms with E-state index in [9.17, 15) is 0 Å². The molecule has 0 bridgehead atoms. The van der Waals surface area contributed by atoms with Gasteiger partial charge < -0.3 is 15.4 Å². The van der Waals surface area contributed by atoms with Crippen LogP contribution >= 0.6 is 24.0 Å². The molecular formula is C14H29IN4O. The summed E-state index contributed by atoms with van der Waals surface area (Å²) in [6.45, 7) is 5.11. The molecule has 0 aromatic rings. The summed E-state index contributed by atoms with van der Waals surface area (Å²) in [5.74, 6) is 1.83. The second-order valence-electron chi connectivity index (χ2n) is 5.60. The molecule has 0 aromatic heterocycles. The smallest absolute Gasteiger partial charge is 0.191 e. The van der Waals surface area contributed by atoms with Gasteiger partial charge in [0.05, 0.1) is 6.61 Å². The van der Waals surface area contributed by atoms with E-state index in [-0.39, 0.29) is 24.0 Å². The fourth-order valence-electron chi connectivity index (χ4n) is 2.63. The maximum absolute atomic E-state index is 5.17. The number of hydrogen-bond donors (Lipinski definition) is 2. The van der Waals surface area contributed by atoms with Crippen LogP contribution in [0.4, 0.5) is 0 Å². The van der Waals surface area contributed by atoms with Gasteiger partial charge in [-0.05, 0) is 38.1 Å². The van der Waals surface area contributed by atoms with Crippen molar-refractivity contribution < 1.29 is 4.74 Å². The molecule has 0 amide bonds. The molecule has 2 rings (SSSR count). The maximum Gasteiger partial charge on any atom is 0.191 e. The molecule has 1 saturated heterocycles. The van der Waals surface area contributed by atoms with E-state index in [2.05, 4.69) is 20.5 Å². The summed E-state index contributed by atoms with van der Waals surface area (Å²) < 4.78 is 5.17. The third kappa shape index (κ3) is 6.13. The highest BCUT2D eigenvalue weighted by Gasteiger charge is 2.24. The van der Waals surface area contributed by atoms with Gasteiger partial charge in [-0.3, -0.25) is 9.89 Å². The van der Waals surface area contributed by atoms with Gasteiger partial charge in [-0.25, -0.2) is 0 Å². The maximum atomic E-state index is 5.17. The van der Waals surface area contributed by atoms with Gasteiger partial charge in [0.15, 0.2) is 5.96 Å². The molecular weight excluding hydrogens is 367 g/mol. The van der Waals surface area contributed by atoms with Gasteiger partial charge in [0.2, 0.25) is 0 Å². The van der Waals surface area contributed by atoms with Crippen molar-refractivity contribution in [1.82, 2.24) is 15.5 Å². The number of methoxy groups -OCH3 is 1. The van der Waals surface area contributed by atoms with E-state index >= 15 is 0 Å². The Morgan fingerprint density at radius 3 is 2.65 bits per heavy atom. The molecule has 0 radical (unpaired) electrons. The van der Waals surface area contributed by atoms with Crippen molar-refractivity contribution in [2.24, 2.45) is 10.9 Å². The molecule has 2 fully saturated rings. The van der Waals surface area contributed by atoms with Crippen LogP contribution in [-0.4, -0.2) is 63.8 Å². The van der Waals surface area contributed by atoms with E-state index in [0.29, 0.717) is 6.04 Å². The molecule has 118 valence electrons. The number of aliphatic imine (C=N–C) groups is 1. The second-order valence-corrected chi connectivity index (χ2v) is 5.60. The second kappa shape index (κ2) is 9.78. The van der Waals surface area contributed by atoms with Gasteiger partial charge in [-0.1, -0.05) is 0 Å². The first-order valence-corrected chi connectivity index (χ1v) is 7.51. The summed E-state index contributed by atoms with van der Waals surface area (Å²) in [7, 11) is 3.62. The van der Waals surface area contributed by atoms with Crippen molar-refractivity contribution in [3.05, 3.63) is 0 Å². The minimum absolute atomic E-state index is 0. The molecule has 1 unspecified atom stereocenters. The van der Waals surface area contributed by atoms with Crippen molar-refractivity contribution in [3.8, 4) is 0 Å². The van der Waals surface area contributed by atoms with E-state index in [1.165, 1.54) is 32.2 Å². The largest absolute Gasteiger partial charge is 0.383 e. The van der Waals surface area contributed by atoms with Crippen LogP contribution in [0.25, 0.3) is 0 Å². The summed E-state index contributed by atoms with van der Waals surface area (Å²) in [6.07, 6.45) is 5.31. The highest BCUT2D eigenvalue weighted by Crippen LogP contribution is 2.27. The molecule has 20 heavy (non-hydrogen) atoms. The minimum atomic E-state index is 0. The number of likely N-dealkylation sites (tertiary alicyclic amines) is 1. The van der Waals surface area contributed by atoms with Crippen molar-refractivity contribution in [1.29, 1.82) is 0 Å².